The third-order valence-corrected chi connectivity index (χ3v) is 2.52. The molecule has 7 heteroatoms. The van der Waals surface area contributed by atoms with E-state index in [-0.39, 0.29) is 6.79 Å². The second-order valence-corrected chi connectivity index (χ2v) is 4.07. The Morgan fingerprint density at radius 3 is 2.90 bits per heavy atom. The largest absolute Gasteiger partial charge is 0.454 e. The molecule has 7 nitrogen and oxygen atoms in total. The third kappa shape index (κ3) is 3.47. The predicted octanol–water partition coefficient (Wildman–Crippen LogP) is 0.392. The van der Waals surface area contributed by atoms with Gasteiger partial charge in [-0.25, -0.2) is 5.43 Å². The molecule has 0 aliphatic carbocycles. The summed E-state index contributed by atoms with van der Waals surface area (Å²) in [6.07, 6.45) is 2.19. The van der Waals surface area contributed by atoms with Crippen LogP contribution in [0.3, 0.4) is 0 Å². The molecular weight excluding hydrogens is 262 g/mol. The summed E-state index contributed by atoms with van der Waals surface area (Å²) in [5, 5.41) is 6.17. The number of carbonyl (C=O) groups excluding carboxylic acids is 2. The van der Waals surface area contributed by atoms with Crippen molar-refractivity contribution in [1.82, 2.24) is 10.7 Å². The van der Waals surface area contributed by atoms with Gasteiger partial charge < -0.3 is 14.8 Å². The van der Waals surface area contributed by atoms with Crippen molar-refractivity contribution < 1.29 is 19.1 Å². The van der Waals surface area contributed by atoms with Crippen molar-refractivity contribution >= 4 is 18.0 Å². The number of benzene rings is 1. The van der Waals surface area contributed by atoms with Crippen LogP contribution in [-0.2, 0) is 9.59 Å². The summed E-state index contributed by atoms with van der Waals surface area (Å²) in [4.78, 5) is 22.6. The van der Waals surface area contributed by atoms with E-state index in [1.54, 1.807) is 18.2 Å². The molecule has 0 saturated heterocycles. The van der Waals surface area contributed by atoms with Crippen LogP contribution in [0.4, 0.5) is 0 Å². The Bertz CT molecular complexity index is 542. The van der Waals surface area contributed by atoms with Crippen LogP contribution < -0.4 is 20.2 Å². The summed E-state index contributed by atoms with van der Waals surface area (Å²) < 4.78 is 10.4. The van der Waals surface area contributed by atoms with Crippen molar-refractivity contribution in [2.75, 3.05) is 13.3 Å². The molecule has 1 heterocycles. The van der Waals surface area contributed by atoms with Crippen LogP contribution in [0.1, 0.15) is 18.9 Å². The average Bonchev–Trinajstić information content (AvgIpc) is 2.92. The molecule has 0 unspecified atom stereocenters. The molecule has 0 aromatic heterocycles. The minimum absolute atomic E-state index is 0.199. The van der Waals surface area contributed by atoms with Crippen molar-refractivity contribution in [1.29, 1.82) is 0 Å². The predicted molar refractivity (Wildman–Crippen MR) is 71.6 cm³/mol. The Morgan fingerprint density at radius 2 is 2.10 bits per heavy atom. The van der Waals surface area contributed by atoms with Gasteiger partial charge in [0.15, 0.2) is 11.5 Å². The van der Waals surface area contributed by atoms with E-state index in [1.165, 1.54) is 6.21 Å². The van der Waals surface area contributed by atoms with E-state index in [0.717, 1.165) is 12.0 Å². The van der Waals surface area contributed by atoms with Crippen LogP contribution in [0.15, 0.2) is 23.3 Å². The van der Waals surface area contributed by atoms with Gasteiger partial charge in [0, 0.05) is 6.54 Å². The van der Waals surface area contributed by atoms with Crippen LogP contribution >= 0.6 is 0 Å². The molecule has 20 heavy (non-hydrogen) atoms. The molecule has 1 aromatic carbocycles. The number of nitrogens with one attached hydrogen (secondary N) is 2. The molecular formula is C13H15N3O4. The van der Waals surface area contributed by atoms with Crippen LogP contribution in [-0.4, -0.2) is 31.4 Å². The van der Waals surface area contributed by atoms with Crippen molar-refractivity contribution in [3.05, 3.63) is 23.8 Å². The Hall–Kier alpha value is -2.57. The van der Waals surface area contributed by atoms with Crippen LogP contribution in [0, 0.1) is 0 Å². The van der Waals surface area contributed by atoms with Crippen molar-refractivity contribution in [2.45, 2.75) is 13.3 Å². The van der Waals surface area contributed by atoms with Gasteiger partial charge in [-0.15, -0.1) is 0 Å². The van der Waals surface area contributed by atoms with E-state index in [2.05, 4.69) is 15.8 Å². The van der Waals surface area contributed by atoms with E-state index in [9.17, 15) is 9.59 Å². The maximum absolute atomic E-state index is 11.3. The summed E-state index contributed by atoms with van der Waals surface area (Å²) in [7, 11) is 0. The maximum Gasteiger partial charge on any atom is 0.329 e. The normalized spacial score (nSPS) is 12.4. The lowest BCUT2D eigenvalue weighted by Gasteiger charge is -2.01. The molecule has 0 bridgehead atoms. The zero-order chi connectivity index (χ0) is 14.4. The molecule has 2 amide bonds. The van der Waals surface area contributed by atoms with E-state index < -0.39 is 11.8 Å². The fraction of sp³-hybridized carbons (Fsp3) is 0.308. The van der Waals surface area contributed by atoms with Gasteiger partial charge in [-0.1, -0.05) is 6.92 Å². The van der Waals surface area contributed by atoms with E-state index in [1.807, 2.05) is 6.92 Å². The van der Waals surface area contributed by atoms with Gasteiger partial charge in [0.1, 0.15) is 0 Å². The number of hydrazone groups is 1. The lowest BCUT2D eigenvalue weighted by Crippen LogP contribution is -2.38. The van der Waals surface area contributed by atoms with Gasteiger partial charge in [0.2, 0.25) is 6.79 Å². The molecule has 1 aliphatic heterocycles. The van der Waals surface area contributed by atoms with E-state index in [4.69, 9.17) is 9.47 Å². The third-order valence-electron chi connectivity index (χ3n) is 2.52. The number of carbonyl (C=O) groups is 2. The Morgan fingerprint density at radius 1 is 1.30 bits per heavy atom. The summed E-state index contributed by atoms with van der Waals surface area (Å²) in [5.41, 5.74) is 2.88. The van der Waals surface area contributed by atoms with Crippen LogP contribution in [0.2, 0.25) is 0 Å². The summed E-state index contributed by atoms with van der Waals surface area (Å²) >= 11 is 0. The van der Waals surface area contributed by atoms with Gasteiger partial charge in [-0.2, -0.15) is 5.10 Å². The molecule has 0 fully saturated rings. The highest BCUT2D eigenvalue weighted by Gasteiger charge is 2.13. The first-order chi connectivity index (χ1) is 9.70. The molecule has 0 radical (unpaired) electrons. The zero-order valence-corrected chi connectivity index (χ0v) is 11.0. The monoisotopic (exact) mass is 277 g/mol. The van der Waals surface area contributed by atoms with Crippen molar-refractivity contribution in [3.63, 3.8) is 0 Å². The SMILES string of the molecule is CCCNC(=O)C(=O)N/N=C\c1ccc2c(c1)OCO2. The number of fused-ring (bicyclic) bond motifs is 1. The number of nitrogens with zero attached hydrogens (tertiary/aromatic N) is 1. The van der Waals surface area contributed by atoms with Gasteiger partial charge in [-0.3, -0.25) is 9.59 Å². The Labute approximate surface area is 115 Å². The fourth-order valence-electron chi connectivity index (χ4n) is 1.53. The first kappa shape index (κ1) is 13.9. The zero-order valence-electron chi connectivity index (χ0n) is 11.0. The molecule has 0 spiro atoms. The average molecular weight is 277 g/mol. The number of hydrogen-bond acceptors (Lipinski definition) is 5. The molecule has 0 saturated carbocycles. The quantitative estimate of drug-likeness (QED) is 0.473. The highest BCUT2D eigenvalue weighted by atomic mass is 16.7. The topological polar surface area (TPSA) is 89.0 Å². The van der Waals surface area contributed by atoms with Gasteiger partial charge >= 0.3 is 11.8 Å². The summed E-state index contributed by atoms with van der Waals surface area (Å²) in [5.74, 6) is -0.198. The number of rotatable bonds is 4. The molecule has 2 N–H and O–H groups in total. The van der Waals surface area contributed by atoms with Crippen LogP contribution in [0.25, 0.3) is 0 Å². The fourth-order valence-corrected chi connectivity index (χ4v) is 1.53. The van der Waals surface area contributed by atoms with Gasteiger partial charge in [0.05, 0.1) is 6.21 Å². The Kier molecular flexibility index (Phi) is 4.54. The molecule has 2 rings (SSSR count). The second kappa shape index (κ2) is 6.55. The minimum atomic E-state index is -0.796. The highest BCUT2D eigenvalue weighted by Crippen LogP contribution is 2.31. The highest BCUT2D eigenvalue weighted by molar-refractivity contribution is 6.35. The van der Waals surface area contributed by atoms with E-state index in [0.29, 0.717) is 18.0 Å². The molecule has 106 valence electrons. The lowest BCUT2D eigenvalue weighted by atomic mass is 10.2. The first-order valence-corrected chi connectivity index (χ1v) is 6.21. The molecule has 1 aromatic rings. The standard InChI is InChI=1S/C13H15N3O4/c1-2-5-14-12(17)13(18)16-15-7-9-3-4-10-11(6-9)20-8-19-10/h3-4,6-7H,2,5,8H2,1H3,(H,14,17)(H,16,18)/b15-7-. The smallest absolute Gasteiger partial charge is 0.329 e. The number of ether oxygens (including phenoxy) is 2. The summed E-state index contributed by atoms with van der Waals surface area (Å²) in [6.45, 7) is 2.55. The van der Waals surface area contributed by atoms with Crippen molar-refractivity contribution in [2.24, 2.45) is 5.10 Å². The van der Waals surface area contributed by atoms with Crippen molar-refractivity contribution in [3.8, 4) is 11.5 Å². The number of hydrogen-bond donors (Lipinski definition) is 2. The van der Waals surface area contributed by atoms with E-state index >= 15 is 0 Å². The first-order valence-electron chi connectivity index (χ1n) is 6.21. The number of amides is 2. The van der Waals surface area contributed by atoms with Gasteiger partial charge in [-0.05, 0) is 30.2 Å². The second-order valence-electron chi connectivity index (χ2n) is 4.07. The molecule has 0 atom stereocenters. The maximum atomic E-state index is 11.3. The van der Waals surface area contributed by atoms with Gasteiger partial charge in [0.25, 0.3) is 0 Å². The minimum Gasteiger partial charge on any atom is -0.454 e. The van der Waals surface area contributed by atoms with Crippen LogP contribution in [0.5, 0.6) is 11.5 Å². The Balaban J connectivity index is 1.87. The lowest BCUT2D eigenvalue weighted by molar-refractivity contribution is -0.139. The summed E-state index contributed by atoms with van der Waals surface area (Å²) in [6, 6.07) is 5.24. The molecule has 1 aliphatic rings.